The van der Waals surface area contributed by atoms with Gasteiger partial charge in [0.2, 0.25) is 5.91 Å². The van der Waals surface area contributed by atoms with Gasteiger partial charge in [0, 0.05) is 6.04 Å². The highest BCUT2D eigenvalue weighted by Crippen LogP contribution is 2.14. The summed E-state index contributed by atoms with van der Waals surface area (Å²) in [7, 11) is 0. The van der Waals surface area contributed by atoms with Gasteiger partial charge in [-0.05, 0) is 13.8 Å². The summed E-state index contributed by atoms with van der Waals surface area (Å²) >= 11 is 0. The molecule has 96 valence electrons. The van der Waals surface area contributed by atoms with Gasteiger partial charge in [0.15, 0.2) is 0 Å². The van der Waals surface area contributed by atoms with Gasteiger partial charge in [-0.3, -0.25) is 19.3 Å². The molecular weight excluding hydrogens is 238 g/mol. The van der Waals surface area contributed by atoms with Crippen molar-refractivity contribution in [2.24, 2.45) is 0 Å². The second kappa shape index (κ2) is 5.31. The summed E-state index contributed by atoms with van der Waals surface area (Å²) in [4.78, 5) is 47.6. The highest BCUT2D eigenvalue weighted by atomic mass is 16.2. The Kier molecular flexibility index (Phi) is 4.05. The third-order valence-corrected chi connectivity index (χ3v) is 2.29. The Morgan fingerprint density at radius 3 is 2.39 bits per heavy atom. The van der Waals surface area contributed by atoms with Crippen LogP contribution in [0, 0.1) is 12.3 Å². The number of hydrogen-bond acceptors (Lipinski definition) is 4. The van der Waals surface area contributed by atoms with E-state index < -0.39 is 36.3 Å². The zero-order valence-electron chi connectivity index (χ0n) is 10.1. The topological polar surface area (TPSA) is 86.8 Å². The van der Waals surface area contributed by atoms with Crippen LogP contribution in [-0.2, 0) is 14.4 Å². The van der Waals surface area contributed by atoms with E-state index >= 15 is 0 Å². The first-order valence-electron chi connectivity index (χ1n) is 5.29. The molecule has 1 N–H and O–H groups in total. The molecule has 0 aliphatic carbocycles. The summed E-state index contributed by atoms with van der Waals surface area (Å²) in [5.74, 6) is -0.318. The number of terminal acetylenes is 1. The SMILES string of the molecule is C#CCNC(=O)CN1C(=O)C(=O)N(C(C)C)C1=O. The van der Waals surface area contributed by atoms with Crippen LogP contribution in [0.3, 0.4) is 0 Å². The van der Waals surface area contributed by atoms with Crippen molar-refractivity contribution >= 4 is 23.8 Å². The monoisotopic (exact) mass is 251 g/mol. The van der Waals surface area contributed by atoms with Crippen LogP contribution in [0.5, 0.6) is 0 Å². The molecule has 1 aliphatic rings. The second-order valence-corrected chi connectivity index (χ2v) is 3.92. The summed E-state index contributed by atoms with van der Waals surface area (Å²) in [6.45, 7) is 2.70. The quantitative estimate of drug-likeness (QED) is 0.392. The number of carbonyl (C=O) groups excluding carboxylic acids is 4. The standard InChI is InChI=1S/C11H13N3O4/c1-4-5-12-8(15)6-13-9(16)10(17)14(7(2)3)11(13)18/h1,7H,5-6H2,2-3H3,(H,12,15). The Hall–Kier alpha value is -2.36. The van der Waals surface area contributed by atoms with Gasteiger partial charge in [0.05, 0.1) is 6.54 Å². The predicted octanol–water partition coefficient (Wildman–Crippen LogP) is -1.06. The van der Waals surface area contributed by atoms with E-state index in [1.807, 2.05) is 0 Å². The molecule has 5 amide bonds. The van der Waals surface area contributed by atoms with Gasteiger partial charge < -0.3 is 5.32 Å². The van der Waals surface area contributed by atoms with Gasteiger partial charge in [0.25, 0.3) is 0 Å². The van der Waals surface area contributed by atoms with Crippen LogP contribution in [0.1, 0.15) is 13.8 Å². The Bertz CT molecular complexity index is 450. The van der Waals surface area contributed by atoms with Crippen LogP contribution < -0.4 is 5.32 Å². The molecule has 0 bridgehead atoms. The van der Waals surface area contributed by atoms with Gasteiger partial charge >= 0.3 is 17.8 Å². The minimum Gasteiger partial charge on any atom is -0.344 e. The average Bonchev–Trinajstić information content (AvgIpc) is 2.50. The number of carbonyl (C=O) groups is 4. The highest BCUT2D eigenvalue weighted by Gasteiger charge is 2.46. The van der Waals surface area contributed by atoms with Crippen molar-refractivity contribution in [1.29, 1.82) is 0 Å². The van der Waals surface area contributed by atoms with Gasteiger partial charge in [-0.15, -0.1) is 6.42 Å². The lowest BCUT2D eigenvalue weighted by atomic mass is 10.3. The van der Waals surface area contributed by atoms with Crippen molar-refractivity contribution in [2.45, 2.75) is 19.9 Å². The van der Waals surface area contributed by atoms with Crippen molar-refractivity contribution in [3.05, 3.63) is 0 Å². The van der Waals surface area contributed by atoms with E-state index in [2.05, 4.69) is 11.2 Å². The van der Waals surface area contributed by atoms with Crippen molar-refractivity contribution in [3.8, 4) is 12.3 Å². The van der Waals surface area contributed by atoms with E-state index in [0.29, 0.717) is 4.90 Å². The smallest absolute Gasteiger partial charge is 0.334 e. The van der Waals surface area contributed by atoms with Crippen LogP contribution in [0.2, 0.25) is 0 Å². The van der Waals surface area contributed by atoms with Crippen molar-refractivity contribution in [3.63, 3.8) is 0 Å². The predicted molar refractivity (Wildman–Crippen MR) is 60.9 cm³/mol. The van der Waals surface area contributed by atoms with Crippen LogP contribution in [0.15, 0.2) is 0 Å². The molecule has 0 spiro atoms. The molecule has 0 aromatic carbocycles. The Morgan fingerprint density at radius 1 is 1.33 bits per heavy atom. The third kappa shape index (κ3) is 2.48. The number of rotatable bonds is 4. The minimum absolute atomic E-state index is 0.00308. The molecular formula is C11H13N3O4. The fourth-order valence-corrected chi connectivity index (χ4v) is 1.47. The molecule has 0 aromatic heterocycles. The number of imide groups is 2. The second-order valence-electron chi connectivity index (χ2n) is 3.92. The maximum atomic E-state index is 11.8. The Morgan fingerprint density at radius 2 is 1.94 bits per heavy atom. The van der Waals surface area contributed by atoms with E-state index in [1.165, 1.54) is 0 Å². The van der Waals surface area contributed by atoms with E-state index in [9.17, 15) is 19.2 Å². The molecule has 0 aromatic rings. The van der Waals surface area contributed by atoms with Gasteiger partial charge in [-0.25, -0.2) is 9.69 Å². The van der Waals surface area contributed by atoms with Crippen LogP contribution in [0.4, 0.5) is 4.79 Å². The van der Waals surface area contributed by atoms with Crippen LogP contribution in [0.25, 0.3) is 0 Å². The van der Waals surface area contributed by atoms with E-state index in [1.54, 1.807) is 13.8 Å². The zero-order chi connectivity index (χ0) is 13.9. The summed E-state index contributed by atoms with van der Waals surface area (Å²) in [5.41, 5.74) is 0. The minimum atomic E-state index is -0.996. The summed E-state index contributed by atoms with van der Waals surface area (Å²) in [6.07, 6.45) is 4.95. The lowest BCUT2D eigenvalue weighted by molar-refractivity contribution is -0.144. The lowest BCUT2D eigenvalue weighted by Gasteiger charge is -2.17. The number of urea groups is 1. The van der Waals surface area contributed by atoms with Crippen LogP contribution >= 0.6 is 0 Å². The van der Waals surface area contributed by atoms with Gasteiger partial charge in [-0.1, -0.05) is 5.92 Å². The van der Waals surface area contributed by atoms with Gasteiger partial charge in [0.1, 0.15) is 6.54 Å². The first-order valence-corrected chi connectivity index (χ1v) is 5.29. The first-order chi connectivity index (χ1) is 8.40. The molecule has 1 heterocycles. The zero-order valence-corrected chi connectivity index (χ0v) is 10.1. The van der Waals surface area contributed by atoms with Crippen LogP contribution in [-0.4, -0.2) is 52.7 Å². The van der Waals surface area contributed by atoms with E-state index in [0.717, 1.165) is 4.90 Å². The summed E-state index contributed by atoms with van der Waals surface area (Å²) < 4.78 is 0. The molecule has 0 saturated carbocycles. The number of nitrogens with zero attached hydrogens (tertiary/aromatic N) is 2. The molecule has 1 fully saturated rings. The molecule has 0 atom stereocenters. The first kappa shape index (κ1) is 13.7. The van der Waals surface area contributed by atoms with Crippen molar-refractivity contribution < 1.29 is 19.2 Å². The third-order valence-electron chi connectivity index (χ3n) is 2.29. The molecule has 7 heteroatoms. The fraction of sp³-hybridized carbons (Fsp3) is 0.455. The van der Waals surface area contributed by atoms with Gasteiger partial charge in [-0.2, -0.15) is 0 Å². The molecule has 7 nitrogen and oxygen atoms in total. The number of hydrogen-bond donors (Lipinski definition) is 1. The summed E-state index contributed by atoms with van der Waals surface area (Å²) in [5, 5.41) is 2.31. The largest absolute Gasteiger partial charge is 0.344 e. The molecule has 1 aliphatic heterocycles. The van der Waals surface area contributed by atoms with Crippen molar-refractivity contribution in [2.75, 3.05) is 13.1 Å². The molecule has 18 heavy (non-hydrogen) atoms. The lowest BCUT2D eigenvalue weighted by Crippen LogP contribution is -2.42. The fourth-order valence-electron chi connectivity index (χ4n) is 1.47. The Labute approximate surface area is 104 Å². The number of nitrogens with one attached hydrogen (secondary N) is 1. The molecule has 1 rings (SSSR count). The maximum Gasteiger partial charge on any atom is 0.334 e. The molecule has 1 saturated heterocycles. The van der Waals surface area contributed by atoms with E-state index in [-0.39, 0.29) is 6.54 Å². The highest BCUT2D eigenvalue weighted by molar-refractivity contribution is 6.45. The normalized spacial score (nSPS) is 15.3. The van der Waals surface area contributed by atoms with E-state index in [4.69, 9.17) is 6.42 Å². The Balaban J connectivity index is 2.76. The molecule has 0 radical (unpaired) electrons. The maximum absolute atomic E-state index is 11.8. The average molecular weight is 251 g/mol. The molecule has 0 unspecified atom stereocenters. The van der Waals surface area contributed by atoms with Crippen molar-refractivity contribution in [1.82, 2.24) is 15.1 Å². The number of amides is 5. The summed E-state index contributed by atoms with van der Waals surface area (Å²) in [6, 6.07) is -1.22.